The molecule has 1 aromatic carbocycles. The molecule has 5 nitrogen and oxygen atoms in total. The zero-order chi connectivity index (χ0) is 18.5. The maximum atomic E-state index is 12.0. The van der Waals surface area contributed by atoms with Gasteiger partial charge in [-0.3, -0.25) is 9.59 Å². The highest BCUT2D eigenvalue weighted by atomic mass is 35.5. The SMILES string of the molecule is O=C(CCC(=O)c1ccc(Cl)s1)NCCc1cc(Cl)c2c(c1)OCCO2. The van der Waals surface area contributed by atoms with Crippen LogP contribution in [0.4, 0.5) is 0 Å². The van der Waals surface area contributed by atoms with Crippen LogP contribution in [0.5, 0.6) is 11.5 Å². The smallest absolute Gasteiger partial charge is 0.220 e. The Bertz CT molecular complexity index is 822. The van der Waals surface area contributed by atoms with E-state index in [2.05, 4.69) is 5.32 Å². The molecule has 2 heterocycles. The maximum Gasteiger partial charge on any atom is 0.220 e. The Kier molecular flexibility index (Phi) is 6.40. The highest BCUT2D eigenvalue weighted by molar-refractivity contribution is 7.18. The van der Waals surface area contributed by atoms with Gasteiger partial charge in [-0.25, -0.2) is 0 Å². The van der Waals surface area contributed by atoms with Gasteiger partial charge < -0.3 is 14.8 Å². The number of carbonyl (C=O) groups is 2. The highest BCUT2D eigenvalue weighted by Crippen LogP contribution is 2.38. The molecule has 1 aliphatic rings. The largest absolute Gasteiger partial charge is 0.486 e. The number of benzene rings is 1. The van der Waals surface area contributed by atoms with Crippen molar-refractivity contribution in [1.82, 2.24) is 5.32 Å². The van der Waals surface area contributed by atoms with Gasteiger partial charge in [-0.05, 0) is 36.2 Å². The molecule has 1 amide bonds. The summed E-state index contributed by atoms with van der Waals surface area (Å²) in [6, 6.07) is 7.04. The van der Waals surface area contributed by atoms with Gasteiger partial charge in [-0.2, -0.15) is 0 Å². The third kappa shape index (κ3) is 4.90. The zero-order valence-electron chi connectivity index (χ0n) is 13.8. The number of hydrogen-bond acceptors (Lipinski definition) is 5. The van der Waals surface area contributed by atoms with Crippen LogP contribution in [0.1, 0.15) is 28.1 Å². The predicted octanol–water partition coefficient (Wildman–Crippen LogP) is 4.15. The van der Waals surface area contributed by atoms with Gasteiger partial charge in [0.2, 0.25) is 5.91 Å². The molecule has 0 aliphatic carbocycles. The number of rotatable bonds is 7. The molecule has 138 valence electrons. The van der Waals surface area contributed by atoms with Crippen molar-refractivity contribution in [2.75, 3.05) is 19.8 Å². The summed E-state index contributed by atoms with van der Waals surface area (Å²) in [5.74, 6) is 0.962. The van der Waals surface area contributed by atoms with Crippen LogP contribution < -0.4 is 14.8 Å². The fourth-order valence-corrected chi connectivity index (χ4v) is 3.86. The van der Waals surface area contributed by atoms with E-state index in [0.29, 0.717) is 51.9 Å². The fourth-order valence-electron chi connectivity index (χ4n) is 2.56. The molecule has 2 aromatic rings. The molecular weight excluding hydrogens is 397 g/mol. The summed E-state index contributed by atoms with van der Waals surface area (Å²) >= 11 is 13.2. The molecule has 8 heteroatoms. The van der Waals surface area contributed by atoms with Gasteiger partial charge in [-0.1, -0.05) is 23.2 Å². The fraction of sp³-hybridized carbons (Fsp3) is 0.333. The van der Waals surface area contributed by atoms with Crippen LogP contribution in [0.2, 0.25) is 9.36 Å². The first-order chi connectivity index (χ1) is 12.5. The lowest BCUT2D eigenvalue weighted by Crippen LogP contribution is -2.26. The van der Waals surface area contributed by atoms with Crippen LogP contribution in [-0.2, 0) is 11.2 Å². The van der Waals surface area contributed by atoms with Crippen LogP contribution in [0, 0.1) is 0 Å². The predicted molar refractivity (Wildman–Crippen MR) is 102 cm³/mol. The molecule has 0 fully saturated rings. The number of halogens is 2. The molecule has 0 saturated heterocycles. The minimum absolute atomic E-state index is 0.0735. The second kappa shape index (κ2) is 8.75. The molecule has 1 N–H and O–H groups in total. The minimum atomic E-state index is -0.162. The minimum Gasteiger partial charge on any atom is -0.486 e. The maximum absolute atomic E-state index is 12.0. The first-order valence-electron chi connectivity index (χ1n) is 8.16. The van der Waals surface area contributed by atoms with E-state index in [9.17, 15) is 9.59 Å². The summed E-state index contributed by atoms with van der Waals surface area (Å²) in [5, 5.41) is 3.32. The first kappa shape index (κ1) is 19.0. The summed E-state index contributed by atoms with van der Waals surface area (Å²) in [6.45, 7) is 1.43. The van der Waals surface area contributed by atoms with E-state index in [1.165, 1.54) is 11.3 Å². The summed E-state index contributed by atoms with van der Waals surface area (Å²) in [7, 11) is 0. The lowest BCUT2D eigenvalue weighted by molar-refractivity contribution is -0.121. The van der Waals surface area contributed by atoms with Crippen molar-refractivity contribution in [2.45, 2.75) is 19.3 Å². The van der Waals surface area contributed by atoms with Crippen molar-refractivity contribution >= 4 is 46.2 Å². The quantitative estimate of drug-likeness (QED) is 0.692. The Balaban J connectivity index is 1.44. The normalized spacial score (nSPS) is 12.7. The van der Waals surface area contributed by atoms with Crippen LogP contribution in [0.15, 0.2) is 24.3 Å². The molecule has 0 unspecified atom stereocenters. The highest BCUT2D eigenvalue weighted by Gasteiger charge is 2.17. The van der Waals surface area contributed by atoms with Gasteiger partial charge >= 0.3 is 0 Å². The van der Waals surface area contributed by atoms with E-state index in [1.807, 2.05) is 12.1 Å². The molecule has 1 aromatic heterocycles. The number of ketones is 1. The monoisotopic (exact) mass is 413 g/mol. The second-order valence-corrected chi connectivity index (χ2v) is 7.85. The molecule has 1 aliphatic heterocycles. The number of amides is 1. The van der Waals surface area contributed by atoms with E-state index in [-0.39, 0.29) is 24.5 Å². The summed E-state index contributed by atoms with van der Waals surface area (Å²) in [4.78, 5) is 24.5. The number of ether oxygens (including phenoxy) is 2. The standard InChI is InChI=1S/C18H17Cl2NO4S/c19-12-9-11(10-14-18(12)25-8-7-24-14)5-6-21-17(23)4-1-13(22)15-2-3-16(20)26-15/h2-3,9-10H,1,4-8H2,(H,21,23). The molecule has 3 rings (SSSR count). The molecule has 0 saturated carbocycles. The van der Waals surface area contributed by atoms with Gasteiger partial charge in [0.05, 0.1) is 14.2 Å². The number of fused-ring (bicyclic) bond motifs is 1. The first-order valence-corrected chi connectivity index (χ1v) is 9.73. The number of carbonyl (C=O) groups excluding carboxylic acids is 2. The molecule has 26 heavy (non-hydrogen) atoms. The second-order valence-electron chi connectivity index (χ2n) is 5.73. The lowest BCUT2D eigenvalue weighted by Gasteiger charge is -2.20. The van der Waals surface area contributed by atoms with Crippen molar-refractivity contribution in [1.29, 1.82) is 0 Å². The van der Waals surface area contributed by atoms with Crippen molar-refractivity contribution in [3.05, 3.63) is 44.1 Å². The van der Waals surface area contributed by atoms with Gasteiger partial charge in [0.25, 0.3) is 0 Å². The number of thiophene rings is 1. The average Bonchev–Trinajstić information content (AvgIpc) is 3.06. The van der Waals surface area contributed by atoms with Crippen LogP contribution in [0.3, 0.4) is 0 Å². The van der Waals surface area contributed by atoms with Gasteiger partial charge in [0.1, 0.15) is 13.2 Å². The van der Waals surface area contributed by atoms with E-state index >= 15 is 0 Å². The van der Waals surface area contributed by atoms with Crippen molar-refractivity contribution < 1.29 is 19.1 Å². The van der Waals surface area contributed by atoms with E-state index in [4.69, 9.17) is 32.7 Å². The van der Waals surface area contributed by atoms with Gasteiger partial charge in [-0.15, -0.1) is 11.3 Å². The van der Waals surface area contributed by atoms with Crippen LogP contribution in [0.25, 0.3) is 0 Å². The number of nitrogens with one attached hydrogen (secondary N) is 1. The molecule has 0 spiro atoms. The average molecular weight is 414 g/mol. The summed E-state index contributed by atoms with van der Waals surface area (Å²) in [5.41, 5.74) is 0.948. The van der Waals surface area contributed by atoms with E-state index in [1.54, 1.807) is 12.1 Å². The Morgan fingerprint density at radius 1 is 1.12 bits per heavy atom. The molecular formula is C18H17Cl2NO4S. The van der Waals surface area contributed by atoms with Gasteiger partial charge in [0, 0.05) is 19.4 Å². The Morgan fingerprint density at radius 3 is 2.69 bits per heavy atom. The Morgan fingerprint density at radius 2 is 1.92 bits per heavy atom. The Labute approximate surface area is 165 Å². The van der Waals surface area contributed by atoms with E-state index < -0.39 is 0 Å². The molecule has 0 bridgehead atoms. The third-order valence-corrected chi connectivity index (χ3v) is 5.37. The third-order valence-electron chi connectivity index (χ3n) is 3.82. The number of Topliss-reactive ketones (excluding diaryl/α,β-unsaturated/α-hetero) is 1. The zero-order valence-corrected chi connectivity index (χ0v) is 16.2. The number of hydrogen-bond donors (Lipinski definition) is 1. The molecule has 0 atom stereocenters. The Hall–Kier alpha value is -1.76. The van der Waals surface area contributed by atoms with Crippen molar-refractivity contribution in [2.24, 2.45) is 0 Å². The van der Waals surface area contributed by atoms with Crippen LogP contribution >= 0.6 is 34.5 Å². The van der Waals surface area contributed by atoms with E-state index in [0.717, 1.165) is 5.56 Å². The molecule has 0 radical (unpaired) electrons. The van der Waals surface area contributed by atoms with Crippen LogP contribution in [-0.4, -0.2) is 31.4 Å². The van der Waals surface area contributed by atoms with Crippen molar-refractivity contribution in [3.63, 3.8) is 0 Å². The van der Waals surface area contributed by atoms with Crippen molar-refractivity contribution in [3.8, 4) is 11.5 Å². The van der Waals surface area contributed by atoms with Gasteiger partial charge in [0.15, 0.2) is 17.3 Å². The summed E-state index contributed by atoms with van der Waals surface area (Å²) < 4.78 is 11.6. The topological polar surface area (TPSA) is 64.6 Å². The lowest BCUT2D eigenvalue weighted by atomic mass is 10.1. The summed E-state index contributed by atoms with van der Waals surface area (Å²) in [6.07, 6.45) is 0.922.